The van der Waals surface area contributed by atoms with E-state index in [2.05, 4.69) is 4.74 Å². The lowest BCUT2D eigenvalue weighted by atomic mass is 10.1. The molecule has 1 amide bonds. The van der Waals surface area contributed by atoms with Crippen molar-refractivity contribution in [3.05, 3.63) is 0 Å². The number of rotatable bonds is 6. The van der Waals surface area contributed by atoms with Gasteiger partial charge in [0.15, 0.2) is 0 Å². The molecule has 0 spiro atoms. The third-order valence-corrected chi connectivity index (χ3v) is 3.15. The van der Waals surface area contributed by atoms with Gasteiger partial charge in [0.1, 0.15) is 6.54 Å². The summed E-state index contributed by atoms with van der Waals surface area (Å²) in [6, 6.07) is -0.491. The Bertz CT molecular complexity index is 354. The van der Waals surface area contributed by atoms with Crippen molar-refractivity contribution in [3.8, 4) is 0 Å². The van der Waals surface area contributed by atoms with Crippen LogP contribution in [0.25, 0.3) is 0 Å². The Kier molecular flexibility index (Phi) is 6.94. The maximum absolute atomic E-state index is 12.6. The highest BCUT2D eigenvalue weighted by Gasteiger charge is 2.36. The first-order valence-corrected chi connectivity index (χ1v) is 6.93. The van der Waals surface area contributed by atoms with Gasteiger partial charge in [-0.3, -0.25) is 9.59 Å². The third-order valence-electron chi connectivity index (χ3n) is 3.15. The van der Waals surface area contributed by atoms with Crippen LogP contribution in [0.2, 0.25) is 0 Å². The number of amides is 1. The fourth-order valence-corrected chi connectivity index (χ4v) is 2.20. The summed E-state index contributed by atoms with van der Waals surface area (Å²) in [6.07, 6.45) is -4.18. The summed E-state index contributed by atoms with van der Waals surface area (Å²) in [5.74, 6) is -1.25. The Morgan fingerprint density at radius 2 is 1.86 bits per heavy atom. The van der Waals surface area contributed by atoms with Crippen molar-refractivity contribution in [2.45, 2.75) is 44.8 Å². The van der Waals surface area contributed by atoms with Crippen LogP contribution in [0.5, 0.6) is 0 Å². The van der Waals surface area contributed by atoms with E-state index in [9.17, 15) is 22.8 Å². The molecule has 1 fully saturated rings. The lowest BCUT2D eigenvalue weighted by molar-refractivity contribution is -0.169. The van der Waals surface area contributed by atoms with E-state index >= 15 is 0 Å². The van der Waals surface area contributed by atoms with Crippen LogP contribution in [0.1, 0.15) is 32.6 Å². The van der Waals surface area contributed by atoms with Crippen LogP contribution in [0.4, 0.5) is 13.2 Å². The van der Waals surface area contributed by atoms with E-state index in [0.29, 0.717) is 26.1 Å². The molecular formula is C13H20F3NO4. The van der Waals surface area contributed by atoms with Crippen molar-refractivity contribution < 1.29 is 32.2 Å². The third kappa shape index (κ3) is 6.79. The van der Waals surface area contributed by atoms with Gasteiger partial charge in [-0.15, -0.1) is 0 Å². The first-order valence-electron chi connectivity index (χ1n) is 6.93. The number of ether oxygens (including phenoxy) is 2. The van der Waals surface area contributed by atoms with E-state index in [1.165, 1.54) is 0 Å². The van der Waals surface area contributed by atoms with Crippen molar-refractivity contribution in [2.24, 2.45) is 0 Å². The van der Waals surface area contributed by atoms with Crippen LogP contribution in [0.3, 0.4) is 0 Å². The fraction of sp³-hybridized carbons (Fsp3) is 0.846. The Labute approximate surface area is 121 Å². The standard InChI is InChI=1S/C13H20F3NO4/c1-2-21-12(19)4-3-11(18)17(9-13(14,15)16)10-5-7-20-8-6-10/h10H,2-9H2,1H3. The Morgan fingerprint density at radius 1 is 1.24 bits per heavy atom. The number of halogens is 3. The maximum Gasteiger partial charge on any atom is 0.406 e. The lowest BCUT2D eigenvalue weighted by Gasteiger charge is -2.34. The second-order valence-electron chi connectivity index (χ2n) is 4.79. The zero-order valence-electron chi connectivity index (χ0n) is 11.9. The first-order chi connectivity index (χ1) is 9.83. The molecule has 0 bridgehead atoms. The van der Waals surface area contributed by atoms with Crippen molar-refractivity contribution in [2.75, 3.05) is 26.4 Å². The van der Waals surface area contributed by atoms with Crippen LogP contribution < -0.4 is 0 Å². The van der Waals surface area contributed by atoms with Crippen LogP contribution in [-0.2, 0) is 19.1 Å². The molecule has 21 heavy (non-hydrogen) atoms. The molecule has 1 aliphatic heterocycles. The fourth-order valence-electron chi connectivity index (χ4n) is 2.20. The van der Waals surface area contributed by atoms with Gasteiger partial charge in [0.05, 0.1) is 13.0 Å². The van der Waals surface area contributed by atoms with Gasteiger partial charge in [-0.05, 0) is 19.8 Å². The SMILES string of the molecule is CCOC(=O)CCC(=O)N(CC(F)(F)F)C1CCOCC1. The molecule has 0 N–H and O–H groups in total. The Morgan fingerprint density at radius 3 is 2.38 bits per heavy atom. The molecule has 0 aromatic heterocycles. The molecule has 0 atom stereocenters. The van der Waals surface area contributed by atoms with Gasteiger partial charge in [-0.2, -0.15) is 13.2 Å². The van der Waals surface area contributed by atoms with E-state index in [0.717, 1.165) is 4.90 Å². The molecule has 1 heterocycles. The minimum atomic E-state index is -4.46. The van der Waals surface area contributed by atoms with Gasteiger partial charge in [0.2, 0.25) is 5.91 Å². The molecular weight excluding hydrogens is 291 g/mol. The Hall–Kier alpha value is -1.31. The summed E-state index contributed by atoms with van der Waals surface area (Å²) in [4.78, 5) is 24.0. The van der Waals surface area contributed by atoms with Crippen molar-refractivity contribution >= 4 is 11.9 Å². The number of hydrogen-bond acceptors (Lipinski definition) is 4. The monoisotopic (exact) mass is 311 g/mol. The molecule has 1 aliphatic rings. The van der Waals surface area contributed by atoms with Gasteiger partial charge < -0.3 is 14.4 Å². The van der Waals surface area contributed by atoms with Crippen LogP contribution in [-0.4, -0.2) is 55.4 Å². The normalized spacial score (nSPS) is 16.6. The number of nitrogens with zero attached hydrogens (tertiary/aromatic N) is 1. The maximum atomic E-state index is 12.6. The molecule has 0 unspecified atom stereocenters. The van der Waals surface area contributed by atoms with Gasteiger partial charge in [-0.25, -0.2) is 0 Å². The predicted molar refractivity (Wildman–Crippen MR) is 67.5 cm³/mol. The van der Waals surface area contributed by atoms with Crippen LogP contribution in [0, 0.1) is 0 Å². The van der Waals surface area contributed by atoms with Crippen LogP contribution in [0.15, 0.2) is 0 Å². The zero-order chi connectivity index (χ0) is 15.9. The van der Waals surface area contributed by atoms with Crippen molar-refractivity contribution in [3.63, 3.8) is 0 Å². The molecule has 0 saturated carbocycles. The van der Waals surface area contributed by atoms with Crippen molar-refractivity contribution in [1.29, 1.82) is 0 Å². The summed E-state index contributed by atoms with van der Waals surface area (Å²) in [7, 11) is 0. The summed E-state index contributed by atoms with van der Waals surface area (Å²) >= 11 is 0. The highest BCUT2D eigenvalue weighted by Crippen LogP contribution is 2.23. The van der Waals surface area contributed by atoms with Crippen molar-refractivity contribution in [1.82, 2.24) is 4.90 Å². The van der Waals surface area contributed by atoms with E-state index in [1.54, 1.807) is 6.92 Å². The van der Waals surface area contributed by atoms with E-state index in [4.69, 9.17) is 4.74 Å². The summed E-state index contributed by atoms with van der Waals surface area (Å²) in [6.45, 7) is 1.19. The number of carbonyl (C=O) groups is 2. The van der Waals surface area contributed by atoms with E-state index in [-0.39, 0.29) is 19.4 Å². The highest BCUT2D eigenvalue weighted by molar-refractivity contribution is 5.81. The topological polar surface area (TPSA) is 55.8 Å². The molecule has 5 nitrogen and oxygen atoms in total. The van der Waals surface area contributed by atoms with Crippen LogP contribution >= 0.6 is 0 Å². The summed E-state index contributed by atoms with van der Waals surface area (Å²) in [5, 5.41) is 0. The summed E-state index contributed by atoms with van der Waals surface area (Å²) < 4.78 is 47.6. The molecule has 122 valence electrons. The predicted octanol–water partition coefficient (Wildman–Crippen LogP) is 1.90. The molecule has 1 rings (SSSR count). The average Bonchev–Trinajstić information content (AvgIpc) is 2.42. The number of alkyl halides is 3. The second kappa shape index (κ2) is 8.21. The number of hydrogen-bond donors (Lipinski definition) is 0. The number of carbonyl (C=O) groups excluding carboxylic acids is 2. The molecule has 0 aromatic rings. The lowest BCUT2D eigenvalue weighted by Crippen LogP contribution is -2.47. The Balaban J connectivity index is 2.61. The quantitative estimate of drug-likeness (QED) is 0.703. The number of esters is 1. The van der Waals surface area contributed by atoms with Gasteiger partial charge in [0.25, 0.3) is 0 Å². The molecule has 0 radical (unpaired) electrons. The molecule has 0 aliphatic carbocycles. The smallest absolute Gasteiger partial charge is 0.406 e. The second-order valence-corrected chi connectivity index (χ2v) is 4.79. The average molecular weight is 311 g/mol. The van der Waals surface area contributed by atoms with Gasteiger partial charge in [-0.1, -0.05) is 0 Å². The molecule has 1 saturated heterocycles. The zero-order valence-corrected chi connectivity index (χ0v) is 11.9. The van der Waals surface area contributed by atoms with E-state index < -0.39 is 30.6 Å². The highest BCUT2D eigenvalue weighted by atomic mass is 19.4. The molecule has 8 heteroatoms. The minimum Gasteiger partial charge on any atom is -0.466 e. The van der Waals surface area contributed by atoms with Gasteiger partial charge >= 0.3 is 12.1 Å². The largest absolute Gasteiger partial charge is 0.466 e. The first kappa shape index (κ1) is 17.7. The molecule has 0 aromatic carbocycles. The van der Waals surface area contributed by atoms with E-state index in [1.807, 2.05) is 0 Å². The minimum absolute atomic E-state index is 0.180. The van der Waals surface area contributed by atoms with Gasteiger partial charge in [0, 0.05) is 25.7 Å². The summed E-state index contributed by atoms with van der Waals surface area (Å²) in [5.41, 5.74) is 0.